The number of nitrogens with one attached hydrogen (secondary N) is 3. The van der Waals surface area contributed by atoms with Crippen molar-refractivity contribution in [2.45, 2.75) is 26.1 Å². The van der Waals surface area contributed by atoms with Crippen molar-refractivity contribution in [1.82, 2.24) is 16.0 Å². The molecule has 0 aromatic heterocycles. The molecule has 0 aliphatic carbocycles. The summed E-state index contributed by atoms with van der Waals surface area (Å²) in [6.07, 6.45) is -3.70. The highest BCUT2D eigenvalue weighted by molar-refractivity contribution is 5.94. The predicted octanol–water partition coefficient (Wildman–Crippen LogP) is 3.36. The van der Waals surface area contributed by atoms with Crippen LogP contribution < -0.4 is 16.0 Å². The molecule has 0 saturated heterocycles. The highest BCUT2D eigenvalue weighted by Gasteiger charge is 2.30. The Morgan fingerprint density at radius 2 is 1.76 bits per heavy atom. The number of carbonyl (C=O) groups is 1. The van der Waals surface area contributed by atoms with Crippen LogP contribution in [0.15, 0.2) is 53.5 Å². The Morgan fingerprint density at radius 3 is 2.45 bits per heavy atom. The number of rotatable bonds is 7. The van der Waals surface area contributed by atoms with Gasteiger partial charge in [0.1, 0.15) is 0 Å². The molecule has 2 aromatic carbocycles. The molecule has 0 aliphatic heterocycles. The van der Waals surface area contributed by atoms with Crippen LogP contribution in [0.2, 0.25) is 0 Å². The summed E-state index contributed by atoms with van der Waals surface area (Å²) < 4.78 is 38.5. The molecule has 0 bridgehead atoms. The van der Waals surface area contributed by atoms with Crippen molar-refractivity contribution in [1.29, 1.82) is 0 Å². The lowest BCUT2D eigenvalue weighted by atomic mass is 10.1. The summed E-state index contributed by atoms with van der Waals surface area (Å²) in [5, 5.41) is 8.83. The fourth-order valence-electron chi connectivity index (χ4n) is 2.70. The van der Waals surface area contributed by atoms with Crippen LogP contribution in [-0.2, 0) is 19.1 Å². The Hall–Kier alpha value is -3.03. The van der Waals surface area contributed by atoms with Crippen LogP contribution in [0.3, 0.4) is 0 Å². The van der Waals surface area contributed by atoms with Crippen molar-refractivity contribution in [3.63, 3.8) is 0 Å². The number of hydrogen-bond acceptors (Lipinski definition) is 2. The molecule has 0 unspecified atom stereocenters. The first kappa shape index (κ1) is 22.3. The molecular formula is C21H25F3N4O. The van der Waals surface area contributed by atoms with Gasteiger partial charge in [0.25, 0.3) is 5.91 Å². The second kappa shape index (κ2) is 10.5. The Morgan fingerprint density at radius 1 is 1.03 bits per heavy atom. The van der Waals surface area contributed by atoms with Crippen molar-refractivity contribution in [3.8, 4) is 0 Å². The highest BCUT2D eigenvalue weighted by atomic mass is 19.4. The third-order valence-electron chi connectivity index (χ3n) is 4.14. The van der Waals surface area contributed by atoms with Crippen LogP contribution in [0, 0.1) is 0 Å². The summed E-state index contributed by atoms with van der Waals surface area (Å²) in [6.45, 7) is 3.23. The van der Waals surface area contributed by atoms with E-state index in [9.17, 15) is 18.0 Å². The summed E-state index contributed by atoms with van der Waals surface area (Å²) in [7, 11) is 1.58. The standard InChI is InChI=1S/C21H25F3N4O/c1-3-26-20(28-14-16-7-5-9-18(13-16)21(22,23)24)27-11-10-15-6-4-8-17(12-15)19(29)25-2/h4-9,12-13H,3,10-11,14H2,1-2H3,(H,25,29)(H2,26,27,28). The summed E-state index contributed by atoms with van der Waals surface area (Å²) >= 11 is 0. The molecule has 2 rings (SSSR count). The molecule has 0 radical (unpaired) electrons. The molecule has 1 amide bonds. The molecule has 0 heterocycles. The van der Waals surface area contributed by atoms with E-state index in [1.165, 1.54) is 6.07 Å². The van der Waals surface area contributed by atoms with Gasteiger partial charge in [0, 0.05) is 25.7 Å². The van der Waals surface area contributed by atoms with Crippen LogP contribution in [0.4, 0.5) is 13.2 Å². The molecule has 0 atom stereocenters. The Labute approximate surface area is 168 Å². The zero-order valence-corrected chi connectivity index (χ0v) is 16.4. The number of alkyl halides is 3. The van der Waals surface area contributed by atoms with E-state index in [0.717, 1.165) is 17.7 Å². The van der Waals surface area contributed by atoms with Crippen LogP contribution in [0.25, 0.3) is 0 Å². The second-order valence-corrected chi connectivity index (χ2v) is 6.35. The van der Waals surface area contributed by atoms with Gasteiger partial charge < -0.3 is 16.0 Å². The smallest absolute Gasteiger partial charge is 0.357 e. The minimum atomic E-state index is -4.37. The topological polar surface area (TPSA) is 65.5 Å². The minimum absolute atomic E-state index is 0.130. The maximum Gasteiger partial charge on any atom is 0.416 e. The van der Waals surface area contributed by atoms with E-state index >= 15 is 0 Å². The third-order valence-corrected chi connectivity index (χ3v) is 4.14. The third kappa shape index (κ3) is 7.14. The van der Waals surface area contributed by atoms with Gasteiger partial charge in [-0.2, -0.15) is 13.2 Å². The fraction of sp³-hybridized carbons (Fsp3) is 0.333. The maximum absolute atomic E-state index is 12.8. The van der Waals surface area contributed by atoms with Gasteiger partial charge in [0.15, 0.2) is 5.96 Å². The lowest BCUT2D eigenvalue weighted by Crippen LogP contribution is -2.38. The molecule has 0 aliphatic rings. The van der Waals surface area contributed by atoms with E-state index in [2.05, 4.69) is 20.9 Å². The van der Waals surface area contributed by atoms with Gasteiger partial charge in [0.2, 0.25) is 0 Å². The first-order valence-electron chi connectivity index (χ1n) is 9.32. The summed E-state index contributed by atoms with van der Waals surface area (Å²) in [5.74, 6) is 0.378. The Balaban J connectivity index is 1.97. The van der Waals surface area contributed by atoms with Crippen molar-refractivity contribution >= 4 is 11.9 Å². The van der Waals surface area contributed by atoms with Gasteiger partial charge in [-0.05, 0) is 48.7 Å². The monoisotopic (exact) mass is 406 g/mol. The molecule has 0 saturated carbocycles. The lowest BCUT2D eigenvalue weighted by molar-refractivity contribution is -0.137. The van der Waals surface area contributed by atoms with E-state index < -0.39 is 11.7 Å². The zero-order valence-electron chi connectivity index (χ0n) is 16.4. The van der Waals surface area contributed by atoms with Crippen LogP contribution >= 0.6 is 0 Å². The Kier molecular flexibility index (Phi) is 8.06. The van der Waals surface area contributed by atoms with E-state index in [1.807, 2.05) is 25.1 Å². The van der Waals surface area contributed by atoms with Crippen LogP contribution in [-0.4, -0.2) is 32.0 Å². The number of hydrogen-bond donors (Lipinski definition) is 3. The molecule has 0 fully saturated rings. The summed E-state index contributed by atoms with van der Waals surface area (Å²) in [4.78, 5) is 16.1. The molecule has 156 valence electrons. The highest BCUT2D eigenvalue weighted by Crippen LogP contribution is 2.29. The summed E-state index contributed by atoms with van der Waals surface area (Å²) in [5.41, 5.74) is 1.39. The normalized spacial score (nSPS) is 11.8. The fourth-order valence-corrected chi connectivity index (χ4v) is 2.70. The zero-order chi connectivity index (χ0) is 21.3. The van der Waals surface area contributed by atoms with Gasteiger partial charge in [-0.15, -0.1) is 0 Å². The predicted molar refractivity (Wildman–Crippen MR) is 108 cm³/mol. The van der Waals surface area contributed by atoms with Crippen molar-refractivity contribution in [2.24, 2.45) is 4.99 Å². The minimum Gasteiger partial charge on any atom is -0.357 e. The molecule has 5 nitrogen and oxygen atoms in total. The molecule has 3 N–H and O–H groups in total. The number of benzene rings is 2. The van der Waals surface area contributed by atoms with Gasteiger partial charge in [-0.3, -0.25) is 4.79 Å². The molecule has 8 heteroatoms. The molecule has 2 aromatic rings. The van der Waals surface area contributed by atoms with Crippen LogP contribution in [0.5, 0.6) is 0 Å². The quantitative estimate of drug-likeness (QED) is 0.488. The van der Waals surface area contributed by atoms with Gasteiger partial charge in [-0.1, -0.05) is 24.3 Å². The lowest BCUT2D eigenvalue weighted by Gasteiger charge is -2.12. The first-order chi connectivity index (χ1) is 13.8. The molecule has 29 heavy (non-hydrogen) atoms. The first-order valence-corrected chi connectivity index (χ1v) is 9.32. The van der Waals surface area contributed by atoms with E-state index in [0.29, 0.717) is 36.6 Å². The average Bonchev–Trinajstić information content (AvgIpc) is 2.71. The molecular weight excluding hydrogens is 381 g/mol. The SMILES string of the molecule is CCNC(=NCc1cccc(C(F)(F)F)c1)NCCc1cccc(C(=O)NC)c1. The van der Waals surface area contributed by atoms with Gasteiger partial charge in [0.05, 0.1) is 12.1 Å². The number of aliphatic imine (C=N–C) groups is 1. The van der Waals surface area contributed by atoms with E-state index in [-0.39, 0.29) is 12.5 Å². The van der Waals surface area contributed by atoms with E-state index in [4.69, 9.17) is 0 Å². The summed E-state index contributed by atoms with van der Waals surface area (Å²) in [6, 6.07) is 12.5. The van der Waals surface area contributed by atoms with Gasteiger partial charge in [-0.25, -0.2) is 4.99 Å². The van der Waals surface area contributed by atoms with Gasteiger partial charge >= 0.3 is 6.18 Å². The largest absolute Gasteiger partial charge is 0.416 e. The van der Waals surface area contributed by atoms with E-state index in [1.54, 1.807) is 19.2 Å². The maximum atomic E-state index is 12.8. The number of nitrogens with zero attached hydrogens (tertiary/aromatic N) is 1. The average molecular weight is 406 g/mol. The number of guanidine groups is 1. The number of halogens is 3. The Bertz CT molecular complexity index is 850. The molecule has 0 spiro atoms. The van der Waals surface area contributed by atoms with Crippen molar-refractivity contribution < 1.29 is 18.0 Å². The second-order valence-electron chi connectivity index (χ2n) is 6.35. The number of carbonyl (C=O) groups excluding carboxylic acids is 1. The number of amides is 1. The van der Waals surface area contributed by atoms with Crippen molar-refractivity contribution in [3.05, 3.63) is 70.8 Å². The van der Waals surface area contributed by atoms with Crippen molar-refractivity contribution in [2.75, 3.05) is 20.1 Å². The van der Waals surface area contributed by atoms with Crippen LogP contribution in [0.1, 0.15) is 34.0 Å².